The van der Waals surface area contributed by atoms with Crippen LogP contribution in [0.1, 0.15) is 33.6 Å². The highest BCUT2D eigenvalue weighted by Crippen LogP contribution is 2.22. The topological polar surface area (TPSA) is 68.2 Å². The Kier molecular flexibility index (Phi) is 4.85. The number of nitrogens with one attached hydrogen (secondary N) is 1. The molecule has 116 valence electrons. The molecule has 2 aromatic rings. The van der Waals surface area contributed by atoms with Gasteiger partial charge in [0.1, 0.15) is 0 Å². The average Bonchev–Trinajstić information content (AvgIpc) is 2.72. The lowest BCUT2D eigenvalue weighted by Crippen LogP contribution is -2.32. The van der Waals surface area contributed by atoms with Gasteiger partial charge in [0.2, 0.25) is 10.0 Å². The van der Waals surface area contributed by atoms with Gasteiger partial charge >= 0.3 is 4.87 Å². The van der Waals surface area contributed by atoms with E-state index in [1.165, 1.54) is 0 Å². The Morgan fingerprint density at radius 2 is 2.05 bits per heavy atom. The van der Waals surface area contributed by atoms with E-state index in [2.05, 4.69) is 4.72 Å². The van der Waals surface area contributed by atoms with E-state index in [4.69, 9.17) is 0 Å². The zero-order valence-electron chi connectivity index (χ0n) is 12.4. The minimum atomic E-state index is -3.54. The number of rotatable bonds is 6. The zero-order chi connectivity index (χ0) is 15.6. The fraction of sp³-hybridized carbons (Fsp3) is 0.500. The molecule has 0 fully saturated rings. The molecule has 0 saturated carbocycles. The SMILES string of the molecule is CCCC(C)NS(=O)(=O)c1ccc2c(c1)sc(=O)n2CC. The van der Waals surface area contributed by atoms with Gasteiger partial charge in [-0.3, -0.25) is 9.36 Å². The van der Waals surface area contributed by atoms with E-state index in [-0.39, 0.29) is 15.8 Å². The largest absolute Gasteiger partial charge is 0.308 e. The van der Waals surface area contributed by atoms with Gasteiger partial charge in [-0.05, 0) is 38.5 Å². The Hall–Kier alpha value is -1.18. The van der Waals surface area contributed by atoms with Crippen LogP contribution in [0.25, 0.3) is 10.2 Å². The normalized spacial score (nSPS) is 13.7. The summed E-state index contributed by atoms with van der Waals surface area (Å²) in [5, 5.41) is 0. The summed E-state index contributed by atoms with van der Waals surface area (Å²) in [5.74, 6) is 0. The fourth-order valence-electron chi connectivity index (χ4n) is 2.34. The summed E-state index contributed by atoms with van der Waals surface area (Å²) in [6.45, 7) is 6.34. The smallest absolute Gasteiger partial charge is 0.299 e. The van der Waals surface area contributed by atoms with E-state index >= 15 is 0 Å². The van der Waals surface area contributed by atoms with Crippen molar-refractivity contribution in [1.29, 1.82) is 0 Å². The molecule has 0 aliphatic rings. The van der Waals surface area contributed by atoms with Crippen LogP contribution in [0.15, 0.2) is 27.9 Å². The third kappa shape index (κ3) is 3.36. The maximum atomic E-state index is 12.3. The molecule has 0 bridgehead atoms. The van der Waals surface area contributed by atoms with Gasteiger partial charge < -0.3 is 0 Å². The van der Waals surface area contributed by atoms with Crippen LogP contribution in [0.4, 0.5) is 0 Å². The number of hydrogen-bond acceptors (Lipinski definition) is 4. The predicted molar refractivity (Wildman–Crippen MR) is 86.5 cm³/mol. The van der Waals surface area contributed by atoms with Gasteiger partial charge in [-0.2, -0.15) is 0 Å². The second-order valence-electron chi connectivity index (χ2n) is 5.05. The molecule has 5 nitrogen and oxygen atoms in total. The van der Waals surface area contributed by atoms with Crippen molar-refractivity contribution in [2.75, 3.05) is 0 Å². The van der Waals surface area contributed by atoms with Crippen molar-refractivity contribution in [1.82, 2.24) is 9.29 Å². The summed E-state index contributed by atoms with van der Waals surface area (Å²) in [7, 11) is -3.54. The number of fused-ring (bicyclic) bond motifs is 1. The van der Waals surface area contributed by atoms with Gasteiger partial charge in [0, 0.05) is 12.6 Å². The molecule has 0 spiro atoms. The monoisotopic (exact) mass is 328 g/mol. The number of nitrogens with zero attached hydrogens (tertiary/aromatic N) is 1. The minimum absolute atomic E-state index is 0.0608. The van der Waals surface area contributed by atoms with Crippen molar-refractivity contribution >= 4 is 31.6 Å². The van der Waals surface area contributed by atoms with Crippen LogP contribution < -0.4 is 9.60 Å². The molecule has 2 rings (SSSR count). The van der Waals surface area contributed by atoms with Crippen LogP contribution in [0, 0.1) is 0 Å². The number of aryl methyl sites for hydroxylation is 1. The van der Waals surface area contributed by atoms with Crippen molar-refractivity contribution in [2.45, 2.75) is 51.1 Å². The Labute approximate surface area is 128 Å². The van der Waals surface area contributed by atoms with E-state index in [9.17, 15) is 13.2 Å². The standard InChI is InChI=1S/C14H20N2O3S2/c1-4-6-10(3)15-21(18,19)11-7-8-12-13(9-11)20-14(17)16(12)5-2/h7-10,15H,4-6H2,1-3H3. The summed E-state index contributed by atoms with van der Waals surface area (Å²) >= 11 is 1.08. The molecule has 1 unspecified atom stereocenters. The molecular weight excluding hydrogens is 308 g/mol. The lowest BCUT2D eigenvalue weighted by Gasteiger charge is -2.13. The summed E-state index contributed by atoms with van der Waals surface area (Å²) < 4.78 is 29.7. The summed E-state index contributed by atoms with van der Waals surface area (Å²) in [5.41, 5.74) is 0.785. The molecule has 7 heteroatoms. The van der Waals surface area contributed by atoms with Crippen LogP contribution in [0.3, 0.4) is 0 Å². The number of benzene rings is 1. The van der Waals surface area contributed by atoms with E-state index < -0.39 is 10.0 Å². The van der Waals surface area contributed by atoms with Crippen molar-refractivity contribution in [3.8, 4) is 0 Å². The van der Waals surface area contributed by atoms with Crippen LogP contribution in [0.2, 0.25) is 0 Å². The highest BCUT2D eigenvalue weighted by atomic mass is 32.2. The average molecular weight is 328 g/mol. The van der Waals surface area contributed by atoms with E-state index in [0.29, 0.717) is 11.2 Å². The minimum Gasteiger partial charge on any atom is -0.299 e. The second-order valence-corrected chi connectivity index (χ2v) is 7.76. The van der Waals surface area contributed by atoms with E-state index in [1.54, 1.807) is 22.8 Å². The second kappa shape index (κ2) is 6.29. The Bertz CT molecular complexity index is 790. The Morgan fingerprint density at radius 3 is 2.67 bits per heavy atom. The lowest BCUT2D eigenvalue weighted by molar-refractivity contribution is 0.544. The third-order valence-electron chi connectivity index (χ3n) is 3.34. The maximum absolute atomic E-state index is 12.3. The third-order valence-corrected chi connectivity index (χ3v) is 5.87. The summed E-state index contributed by atoms with van der Waals surface area (Å²) in [6.07, 6.45) is 1.71. The van der Waals surface area contributed by atoms with Crippen LogP contribution >= 0.6 is 11.3 Å². The first kappa shape index (κ1) is 16.2. The lowest BCUT2D eigenvalue weighted by atomic mass is 10.2. The van der Waals surface area contributed by atoms with Gasteiger partial charge in [-0.15, -0.1) is 0 Å². The fourth-order valence-corrected chi connectivity index (χ4v) is 4.71. The van der Waals surface area contributed by atoms with Crippen molar-refractivity contribution in [2.24, 2.45) is 0 Å². The summed E-state index contributed by atoms with van der Waals surface area (Å²) in [6, 6.07) is 4.74. The van der Waals surface area contributed by atoms with Crippen molar-refractivity contribution < 1.29 is 8.42 Å². The van der Waals surface area contributed by atoms with Gasteiger partial charge in [0.05, 0.1) is 15.1 Å². The first-order valence-electron chi connectivity index (χ1n) is 7.04. The molecule has 0 saturated heterocycles. The van der Waals surface area contributed by atoms with Gasteiger partial charge in [0.25, 0.3) is 0 Å². The molecule has 1 aromatic carbocycles. The van der Waals surface area contributed by atoms with E-state index in [0.717, 1.165) is 29.7 Å². The first-order chi connectivity index (χ1) is 9.89. The number of sulfonamides is 1. The van der Waals surface area contributed by atoms with Crippen LogP contribution in [-0.2, 0) is 16.6 Å². The van der Waals surface area contributed by atoms with Crippen LogP contribution in [0.5, 0.6) is 0 Å². The first-order valence-corrected chi connectivity index (χ1v) is 9.34. The molecule has 1 heterocycles. The quantitative estimate of drug-likeness (QED) is 0.886. The Balaban J connectivity index is 2.41. The molecule has 0 amide bonds. The van der Waals surface area contributed by atoms with Gasteiger partial charge in [0.15, 0.2) is 0 Å². The van der Waals surface area contributed by atoms with Gasteiger partial charge in [-0.25, -0.2) is 13.1 Å². The number of hydrogen-bond donors (Lipinski definition) is 1. The highest BCUT2D eigenvalue weighted by molar-refractivity contribution is 7.89. The number of thiazole rings is 1. The molecular formula is C14H20N2O3S2. The molecule has 1 N–H and O–H groups in total. The van der Waals surface area contributed by atoms with E-state index in [1.807, 2.05) is 20.8 Å². The van der Waals surface area contributed by atoms with Crippen LogP contribution in [-0.4, -0.2) is 19.0 Å². The van der Waals surface area contributed by atoms with Crippen molar-refractivity contribution in [3.63, 3.8) is 0 Å². The maximum Gasteiger partial charge on any atom is 0.308 e. The zero-order valence-corrected chi connectivity index (χ0v) is 14.1. The molecule has 0 aliphatic heterocycles. The number of aromatic nitrogens is 1. The molecule has 0 aliphatic carbocycles. The molecule has 1 atom stereocenters. The van der Waals surface area contributed by atoms with Gasteiger partial charge in [-0.1, -0.05) is 24.7 Å². The molecule has 1 aromatic heterocycles. The Morgan fingerprint density at radius 1 is 1.33 bits per heavy atom. The molecule has 0 radical (unpaired) electrons. The van der Waals surface area contributed by atoms with Crippen molar-refractivity contribution in [3.05, 3.63) is 27.9 Å². The highest BCUT2D eigenvalue weighted by Gasteiger charge is 2.18. The molecule has 21 heavy (non-hydrogen) atoms. The summed E-state index contributed by atoms with van der Waals surface area (Å²) in [4.78, 5) is 12.0. The predicted octanol–water partition coefficient (Wildman–Crippen LogP) is 2.55.